The molecule has 0 bridgehead atoms. The monoisotopic (exact) mass is 184 g/mol. The smallest absolute Gasteiger partial charge is 0.369 e. The molecule has 5 heteroatoms. The van der Waals surface area contributed by atoms with Gasteiger partial charge in [0.2, 0.25) is 0 Å². The van der Waals surface area contributed by atoms with Gasteiger partial charge in [-0.05, 0) is 13.8 Å². The SMILES string of the molecule is CC(=O)CC(C)OCC(F)(F)F. The highest BCUT2D eigenvalue weighted by molar-refractivity contribution is 5.75. The predicted octanol–water partition coefficient (Wildman–Crippen LogP) is 1.93. The van der Waals surface area contributed by atoms with Crippen LogP contribution in [-0.2, 0) is 9.53 Å². The number of alkyl halides is 3. The molecule has 0 aliphatic carbocycles. The third-order valence-corrected chi connectivity index (χ3v) is 1.11. The molecular weight excluding hydrogens is 173 g/mol. The zero-order valence-electron chi connectivity index (χ0n) is 6.94. The van der Waals surface area contributed by atoms with Crippen molar-refractivity contribution in [3.05, 3.63) is 0 Å². The summed E-state index contributed by atoms with van der Waals surface area (Å²) in [5.74, 6) is -0.176. The van der Waals surface area contributed by atoms with E-state index in [-0.39, 0.29) is 12.2 Å². The molecule has 0 saturated heterocycles. The summed E-state index contributed by atoms with van der Waals surface area (Å²) < 4.78 is 39.0. The van der Waals surface area contributed by atoms with E-state index in [0.29, 0.717) is 0 Å². The van der Waals surface area contributed by atoms with Crippen LogP contribution in [0.1, 0.15) is 20.3 Å². The van der Waals surface area contributed by atoms with Crippen molar-refractivity contribution in [1.82, 2.24) is 0 Å². The van der Waals surface area contributed by atoms with E-state index in [2.05, 4.69) is 4.74 Å². The van der Waals surface area contributed by atoms with Gasteiger partial charge < -0.3 is 4.74 Å². The Balaban J connectivity index is 3.57. The van der Waals surface area contributed by atoms with E-state index in [4.69, 9.17) is 0 Å². The molecule has 72 valence electrons. The van der Waals surface area contributed by atoms with Crippen LogP contribution in [0.5, 0.6) is 0 Å². The third kappa shape index (κ3) is 7.53. The van der Waals surface area contributed by atoms with Gasteiger partial charge in [0.15, 0.2) is 0 Å². The van der Waals surface area contributed by atoms with Crippen molar-refractivity contribution in [1.29, 1.82) is 0 Å². The van der Waals surface area contributed by atoms with Gasteiger partial charge in [-0.3, -0.25) is 4.79 Å². The number of carbonyl (C=O) groups is 1. The molecule has 12 heavy (non-hydrogen) atoms. The Morgan fingerprint density at radius 1 is 1.50 bits per heavy atom. The zero-order valence-corrected chi connectivity index (χ0v) is 6.94. The fourth-order valence-electron chi connectivity index (χ4n) is 0.700. The average molecular weight is 184 g/mol. The molecule has 0 aliphatic rings. The first-order chi connectivity index (χ1) is 5.31. The van der Waals surface area contributed by atoms with Crippen LogP contribution in [0.4, 0.5) is 13.2 Å². The molecule has 0 rings (SSSR count). The molecule has 0 aromatic rings. The normalized spacial score (nSPS) is 14.4. The Morgan fingerprint density at radius 2 is 2.00 bits per heavy atom. The molecule has 0 radical (unpaired) electrons. The largest absolute Gasteiger partial charge is 0.411 e. The molecular formula is C7H11F3O2. The molecule has 0 spiro atoms. The molecule has 0 heterocycles. The molecule has 0 saturated carbocycles. The lowest BCUT2D eigenvalue weighted by molar-refractivity contribution is -0.184. The van der Waals surface area contributed by atoms with Gasteiger partial charge in [-0.2, -0.15) is 13.2 Å². The quantitative estimate of drug-likeness (QED) is 0.667. The molecule has 0 fully saturated rings. The van der Waals surface area contributed by atoms with Gasteiger partial charge in [-0.15, -0.1) is 0 Å². The van der Waals surface area contributed by atoms with Gasteiger partial charge in [0.25, 0.3) is 0 Å². The highest BCUT2D eigenvalue weighted by atomic mass is 19.4. The molecule has 0 aromatic heterocycles. The topological polar surface area (TPSA) is 26.3 Å². The highest BCUT2D eigenvalue weighted by Gasteiger charge is 2.28. The summed E-state index contributed by atoms with van der Waals surface area (Å²) >= 11 is 0. The van der Waals surface area contributed by atoms with Crippen LogP contribution in [0.25, 0.3) is 0 Å². The van der Waals surface area contributed by atoms with Crippen molar-refractivity contribution in [3.8, 4) is 0 Å². The summed E-state index contributed by atoms with van der Waals surface area (Å²) in [4.78, 5) is 10.4. The summed E-state index contributed by atoms with van der Waals surface area (Å²) in [5.41, 5.74) is 0. The number of rotatable bonds is 4. The van der Waals surface area contributed by atoms with Crippen LogP contribution in [0.3, 0.4) is 0 Å². The Labute approximate surface area is 68.7 Å². The van der Waals surface area contributed by atoms with Gasteiger partial charge in [0, 0.05) is 6.42 Å². The maximum atomic E-state index is 11.5. The minimum atomic E-state index is -4.31. The van der Waals surface area contributed by atoms with Crippen LogP contribution in [0.2, 0.25) is 0 Å². The molecule has 2 nitrogen and oxygen atoms in total. The second-order valence-corrected chi connectivity index (χ2v) is 2.64. The van der Waals surface area contributed by atoms with Gasteiger partial charge in [-0.25, -0.2) is 0 Å². The Bertz CT molecular complexity index is 153. The van der Waals surface area contributed by atoms with Gasteiger partial charge in [0.05, 0.1) is 6.10 Å². The highest BCUT2D eigenvalue weighted by Crippen LogP contribution is 2.16. The van der Waals surface area contributed by atoms with Crippen LogP contribution in [0.15, 0.2) is 0 Å². The van der Waals surface area contributed by atoms with Gasteiger partial charge >= 0.3 is 6.18 Å². The fourth-order valence-corrected chi connectivity index (χ4v) is 0.700. The number of ether oxygens (including phenoxy) is 1. The third-order valence-electron chi connectivity index (χ3n) is 1.11. The van der Waals surface area contributed by atoms with E-state index < -0.39 is 18.9 Å². The lowest BCUT2D eigenvalue weighted by Gasteiger charge is -2.12. The van der Waals surface area contributed by atoms with E-state index in [1.165, 1.54) is 13.8 Å². The Morgan fingerprint density at radius 3 is 2.33 bits per heavy atom. The lowest BCUT2D eigenvalue weighted by atomic mass is 10.2. The molecule has 1 unspecified atom stereocenters. The molecule has 0 amide bonds. The summed E-state index contributed by atoms with van der Waals surface area (Å²) in [5, 5.41) is 0. The van der Waals surface area contributed by atoms with Crippen molar-refractivity contribution in [2.24, 2.45) is 0 Å². The first-order valence-corrected chi connectivity index (χ1v) is 3.49. The van der Waals surface area contributed by atoms with Gasteiger partial charge in [-0.1, -0.05) is 0 Å². The van der Waals surface area contributed by atoms with Crippen molar-refractivity contribution >= 4 is 5.78 Å². The number of Topliss-reactive ketones (excluding diaryl/α,β-unsaturated/α-hetero) is 1. The number of halogens is 3. The second kappa shape index (κ2) is 4.45. The van der Waals surface area contributed by atoms with Crippen molar-refractivity contribution in [2.45, 2.75) is 32.5 Å². The summed E-state index contributed by atoms with van der Waals surface area (Å²) in [6.07, 6.45) is -4.95. The first kappa shape index (κ1) is 11.4. The molecule has 0 aromatic carbocycles. The van der Waals surface area contributed by atoms with Crippen molar-refractivity contribution < 1.29 is 22.7 Å². The van der Waals surface area contributed by atoms with Crippen LogP contribution < -0.4 is 0 Å². The second-order valence-electron chi connectivity index (χ2n) is 2.64. The van der Waals surface area contributed by atoms with Crippen LogP contribution in [-0.4, -0.2) is 24.7 Å². The number of hydrogen-bond donors (Lipinski definition) is 0. The molecule has 1 atom stereocenters. The fraction of sp³-hybridized carbons (Fsp3) is 0.857. The summed E-state index contributed by atoms with van der Waals surface area (Å²) in [6, 6.07) is 0. The minimum Gasteiger partial charge on any atom is -0.369 e. The van der Waals surface area contributed by atoms with E-state index in [0.717, 1.165) is 0 Å². The lowest BCUT2D eigenvalue weighted by Crippen LogP contribution is -2.22. The standard InChI is InChI=1S/C7H11F3O2/c1-5(11)3-6(2)12-4-7(8,9)10/h6H,3-4H2,1-2H3. The number of hydrogen-bond acceptors (Lipinski definition) is 2. The average Bonchev–Trinajstić information content (AvgIpc) is 1.80. The van der Waals surface area contributed by atoms with Gasteiger partial charge in [0.1, 0.15) is 12.4 Å². The summed E-state index contributed by atoms with van der Waals surface area (Å²) in [6.45, 7) is 1.46. The first-order valence-electron chi connectivity index (χ1n) is 3.49. The number of carbonyl (C=O) groups excluding carboxylic acids is 1. The van der Waals surface area contributed by atoms with E-state index in [1.807, 2.05) is 0 Å². The molecule has 0 N–H and O–H groups in total. The van der Waals surface area contributed by atoms with E-state index in [9.17, 15) is 18.0 Å². The molecule has 0 aliphatic heterocycles. The van der Waals surface area contributed by atoms with E-state index >= 15 is 0 Å². The maximum Gasteiger partial charge on any atom is 0.411 e. The van der Waals surface area contributed by atoms with Crippen molar-refractivity contribution in [2.75, 3.05) is 6.61 Å². The number of ketones is 1. The Kier molecular flexibility index (Phi) is 4.23. The minimum absolute atomic E-state index is 0.0239. The van der Waals surface area contributed by atoms with Crippen molar-refractivity contribution in [3.63, 3.8) is 0 Å². The zero-order chi connectivity index (χ0) is 9.78. The maximum absolute atomic E-state index is 11.5. The van der Waals surface area contributed by atoms with E-state index in [1.54, 1.807) is 0 Å². The van der Waals surface area contributed by atoms with Crippen LogP contribution >= 0.6 is 0 Å². The van der Waals surface area contributed by atoms with Crippen LogP contribution in [0, 0.1) is 0 Å². The Hall–Kier alpha value is -0.580. The summed E-state index contributed by atoms with van der Waals surface area (Å²) in [7, 11) is 0. The predicted molar refractivity (Wildman–Crippen MR) is 36.8 cm³/mol.